The molecule has 0 bridgehead atoms. The predicted molar refractivity (Wildman–Crippen MR) is 82.4 cm³/mol. The molecule has 6 nitrogen and oxygen atoms in total. The van der Waals surface area contributed by atoms with Crippen molar-refractivity contribution < 1.29 is 14.8 Å². The Kier molecular flexibility index (Phi) is 7.18. The minimum Gasteiger partial charge on any atom is -0.396 e. The minimum atomic E-state index is -0.449. The van der Waals surface area contributed by atoms with Gasteiger partial charge >= 0.3 is 0 Å². The van der Waals surface area contributed by atoms with E-state index in [-0.39, 0.29) is 30.0 Å². The number of nitrogens with zero attached hydrogens (tertiary/aromatic N) is 2. The predicted octanol–water partition coefficient (Wildman–Crippen LogP) is 2.31. The average molecular weight is 312 g/mol. The molecule has 0 saturated heterocycles. The summed E-state index contributed by atoms with van der Waals surface area (Å²) in [6.45, 7) is 4.47. The van der Waals surface area contributed by atoms with Crippen molar-refractivity contribution in [2.75, 3.05) is 18.9 Å². The van der Waals surface area contributed by atoms with Crippen molar-refractivity contribution in [3.05, 3.63) is 34.4 Å². The summed E-state index contributed by atoms with van der Waals surface area (Å²) in [6, 6.07) is 6.23. The first kappa shape index (κ1) is 17.5. The lowest BCUT2D eigenvalue weighted by atomic mass is 10.3. The molecule has 0 aromatic heterocycles. The second-order valence-corrected chi connectivity index (χ2v) is 5.85. The first-order valence-corrected chi connectivity index (χ1v) is 7.72. The van der Waals surface area contributed by atoms with Crippen molar-refractivity contribution >= 4 is 23.4 Å². The van der Waals surface area contributed by atoms with Gasteiger partial charge in [-0.05, 0) is 32.4 Å². The largest absolute Gasteiger partial charge is 0.396 e. The lowest BCUT2D eigenvalue weighted by Crippen LogP contribution is -2.39. The highest BCUT2D eigenvalue weighted by atomic mass is 32.2. The van der Waals surface area contributed by atoms with Crippen LogP contribution in [0, 0.1) is 10.1 Å². The number of carbonyl (C=O) groups is 1. The Balaban J connectivity index is 2.55. The third-order valence-corrected chi connectivity index (χ3v) is 3.91. The van der Waals surface area contributed by atoms with E-state index in [4.69, 9.17) is 5.11 Å². The summed E-state index contributed by atoms with van der Waals surface area (Å²) in [6.07, 6.45) is 0.562. The van der Waals surface area contributed by atoms with Gasteiger partial charge in [-0.1, -0.05) is 0 Å². The third kappa shape index (κ3) is 5.73. The van der Waals surface area contributed by atoms with Crippen molar-refractivity contribution in [3.8, 4) is 0 Å². The standard InChI is InChI=1S/C14H20N2O4S/c1-11(2)15(8-3-9-17)14(18)10-21-13-6-4-12(5-7-13)16(19)20/h4-7,11,17H,3,8-10H2,1-2H3. The van der Waals surface area contributed by atoms with Crippen LogP contribution >= 0.6 is 11.8 Å². The maximum Gasteiger partial charge on any atom is 0.269 e. The summed E-state index contributed by atoms with van der Waals surface area (Å²) in [7, 11) is 0. The molecule has 0 aliphatic heterocycles. The zero-order valence-corrected chi connectivity index (χ0v) is 13.0. The number of carbonyl (C=O) groups excluding carboxylic acids is 1. The molecule has 0 aliphatic rings. The molecule has 0 unspecified atom stereocenters. The molecule has 0 fully saturated rings. The number of hydrogen-bond acceptors (Lipinski definition) is 5. The normalized spacial score (nSPS) is 10.7. The Bertz CT molecular complexity index is 476. The van der Waals surface area contributed by atoms with Gasteiger partial charge < -0.3 is 10.0 Å². The Morgan fingerprint density at radius 2 is 2.00 bits per heavy atom. The maximum absolute atomic E-state index is 12.2. The highest BCUT2D eigenvalue weighted by Gasteiger charge is 2.16. The van der Waals surface area contributed by atoms with Gasteiger partial charge in [0.25, 0.3) is 5.69 Å². The van der Waals surface area contributed by atoms with Gasteiger partial charge in [0, 0.05) is 36.2 Å². The first-order chi connectivity index (χ1) is 9.95. The number of nitro groups is 1. The fourth-order valence-electron chi connectivity index (χ4n) is 1.80. The number of amides is 1. The van der Waals surface area contributed by atoms with Gasteiger partial charge in [0.15, 0.2) is 0 Å². The summed E-state index contributed by atoms with van der Waals surface area (Å²) in [5.74, 6) is 0.281. The van der Waals surface area contributed by atoms with Crippen LogP contribution in [0.15, 0.2) is 29.2 Å². The Labute approximate surface area is 128 Å². The average Bonchev–Trinajstić information content (AvgIpc) is 2.45. The third-order valence-electron chi connectivity index (χ3n) is 2.91. The Morgan fingerprint density at radius 3 is 2.48 bits per heavy atom. The maximum atomic E-state index is 12.2. The van der Waals surface area contributed by atoms with E-state index in [0.717, 1.165) is 4.90 Å². The molecule has 116 valence electrons. The number of non-ortho nitro benzene ring substituents is 1. The van der Waals surface area contributed by atoms with Crippen LogP contribution in [-0.2, 0) is 4.79 Å². The highest BCUT2D eigenvalue weighted by molar-refractivity contribution is 8.00. The summed E-state index contributed by atoms with van der Waals surface area (Å²) in [5, 5.41) is 19.4. The van der Waals surface area contributed by atoms with E-state index in [2.05, 4.69) is 0 Å². The number of benzene rings is 1. The number of hydrogen-bond donors (Lipinski definition) is 1. The molecule has 0 aliphatic carbocycles. The van der Waals surface area contributed by atoms with Gasteiger partial charge in [-0.2, -0.15) is 0 Å². The second kappa shape index (κ2) is 8.63. The molecule has 1 N–H and O–H groups in total. The van der Waals surface area contributed by atoms with Crippen LogP contribution in [0.2, 0.25) is 0 Å². The molecule has 1 rings (SSSR count). The van der Waals surface area contributed by atoms with E-state index in [1.165, 1.54) is 23.9 Å². The number of nitro benzene ring substituents is 1. The molecule has 21 heavy (non-hydrogen) atoms. The van der Waals surface area contributed by atoms with Gasteiger partial charge in [0.2, 0.25) is 5.91 Å². The van der Waals surface area contributed by atoms with Crippen LogP contribution in [0.5, 0.6) is 0 Å². The van der Waals surface area contributed by atoms with Crippen LogP contribution in [0.4, 0.5) is 5.69 Å². The number of thioether (sulfide) groups is 1. The van der Waals surface area contributed by atoms with E-state index in [9.17, 15) is 14.9 Å². The summed E-state index contributed by atoms with van der Waals surface area (Å²) >= 11 is 1.35. The van der Waals surface area contributed by atoms with Gasteiger partial charge in [0.05, 0.1) is 10.7 Å². The van der Waals surface area contributed by atoms with Crippen molar-refractivity contribution in [1.29, 1.82) is 0 Å². The van der Waals surface area contributed by atoms with Gasteiger partial charge in [-0.3, -0.25) is 14.9 Å². The number of aliphatic hydroxyl groups excluding tert-OH is 1. The van der Waals surface area contributed by atoms with Crippen LogP contribution in [0.25, 0.3) is 0 Å². The van der Waals surface area contributed by atoms with Crippen LogP contribution in [0.3, 0.4) is 0 Å². The van der Waals surface area contributed by atoms with E-state index in [1.807, 2.05) is 13.8 Å². The lowest BCUT2D eigenvalue weighted by molar-refractivity contribution is -0.384. The van der Waals surface area contributed by atoms with E-state index >= 15 is 0 Å². The summed E-state index contributed by atoms with van der Waals surface area (Å²) in [5.41, 5.74) is 0.0393. The molecular weight excluding hydrogens is 292 g/mol. The molecule has 1 aromatic rings. The molecule has 0 spiro atoms. The zero-order chi connectivity index (χ0) is 15.8. The van der Waals surface area contributed by atoms with E-state index in [1.54, 1.807) is 17.0 Å². The Hall–Kier alpha value is -1.60. The zero-order valence-electron chi connectivity index (χ0n) is 12.2. The SMILES string of the molecule is CC(C)N(CCCO)C(=O)CSc1ccc([N+](=O)[O-])cc1. The van der Waals surface area contributed by atoms with E-state index in [0.29, 0.717) is 13.0 Å². The van der Waals surface area contributed by atoms with Crippen LogP contribution in [-0.4, -0.2) is 45.8 Å². The van der Waals surface area contributed by atoms with Gasteiger partial charge in [-0.15, -0.1) is 11.8 Å². The quantitative estimate of drug-likeness (QED) is 0.452. The topological polar surface area (TPSA) is 83.7 Å². The van der Waals surface area contributed by atoms with Crippen molar-refractivity contribution in [2.24, 2.45) is 0 Å². The van der Waals surface area contributed by atoms with Crippen molar-refractivity contribution in [1.82, 2.24) is 4.90 Å². The van der Waals surface area contributed by atoms with Crippen molar-refractivity contribution in [3.63, 3.8) is 0 Å². The molecule has 7 heteroatoms. The van der Waals surface area contributed by atoms with E-state index < -0.39 is 4.92 Å². The molecule has 0 atom stereocenters. The second-order valence-electron chi connectivity index (χ2n) is 4.80. The molecular formula is C14H20N2O4S. The fraction of sp³-hybridized carbons (Fsp3) is 0.500. The van der Waals surface area contributed by atoms with Gasteiger partial charge in [0.1, 0.15) is 0 Å². The molecule has 0 radical (unpaired) electrons. The molecule has 1 aromatic carbocycles. The van der Waals surface area contributed by atoms with Crippen molar-refractivity contribution in [2.45, 2.75) is 31.2 Å². The summed E-state index contributed by atoms with van der Waals surface area (Å²) in [4.78, 5) is 24.8. The van der Waals surface area contributed by atoms with Crippen LogP contribution in [0.1, 0.15) is 20.3 Å². The number of aliphatic hydroxyl groups is 1. The molecule has 0 heterocycles. The monoisotopic (exact) mass is 312 g/mol. The number of rotatable bonds is 8. The Morgan fingerprint density at radius 1 is 1.38 bits per heavy atom. The molecule has 0 saturated carbocycles. The first-order valence-electron chi connectivity index (χ1n) is 6.73. The minimum absolute atomic E-state index is 0.00167. The highest BCUT2D eigenvalue weighted by Crippen LogP contribution is 2.22. The fourth-order valence-corrected chi connectivity index (χ4v) is 2.59. The van der Waals surface area contributed by atoms with Gasteiger partial charge in [-0.25, -0.2) is 0 Å². The lowest BCUT2D eigenvalue weighted by Gasteiger charge is -2.26. The summed E-state index contributed by atoms with van der Waals surface area (Å²) < 4.78 is 0. The molecule has 1 amide bonds. The smallest absolute Gasteiger partial charge is 0.269 e. The van der Waals surface area contributed by atoms with Crippen LogP contribution < -0.4 is 0 Å².